The molecule has 0 bridgehead atoms. The first-order valence-electron chi connectivity index (χ1n) is 9.34. The first-order valence-corrected chi connectivity index (χ1v) is 9.34. The second kappa shape index (κ2) is 6.83. The van der Waals surface area contributed by atoms with E-state index in [4.69, 9.17) is 11.0 Å². The maximum absolute atomic E-state index is 13.2. The molecule has 2 heterocycles. The number of likely N-dealkylation sites (tertiary alicyclic amines) is 1. The number of hydrogen-bond acceptors (Lipinski definition) is 4. The van der Waals surface area contributed by atoms with Crippen LogP contribution in [0.4, 0.5) is 5.82 Å². The predicted molar refractivity (Wildman–Crippen MR) is 98.7 cm³/mol. The van der Waals surface area contributed by atoms with Gasteiger partial charge in [-0.15, -0.1) is 0 Å². The largest absolute Gasteiger partial charge is 0.382 e. The van der Waals surface area contributed by atoms with Crippen LogP contribution in [-0.2, 0) is 0 Å². The van der Waals surface area contributed by atoms with Gasteiger partial charge < -0.3 is 10.6 Å². The van der Waals surface area contributed by atoms with Crippen LogP contribution in [0, 0.1) is 17.2 Å². The lowest BCUT2D eigenvalue weighted by atomic mass is 9.95. The Morgan fingerprint density at radius 1 is 1.23 bits per heavy atom. The van der Waals surface area contributed by atoms with Crippen LogP contribution in [0.15, 0.2) is 30.5 Å². The normalized spacial score (nSPS) is 20.4. The molecule has 6 nitrogen and oxygen atoms in total. The lowest BCUT2D eigenvalue weighted by Gasteiger charge is -2.29. The second-order valence-corrected chi connectivity index (χ2v) is 7.27. The summed E-state index contributed by atoms with van der Waals surface area (Å²) in [6.07, 6.45) is 8.72. The molecule has 1 aromatic carbocycles. The molecule has 1 saturated carbocycles. The lowest BCUT2D eigenvalue weighted by molar-refractivity contribution is 0.0689. The number of nitrogens with zero attached hydrogens (tertiary/aromatic N) is 4. The van der Waals surface area contributed by atoms with E-state index in [1.807, 2.05) is 30.3 Å². The van der Waals surface area contributed by atoms with Crippen molar-refractivity contribution in [3.8, 4) is 11.8 Å². The molecule has 2 aliphatic rings. The highest BCUT2D eigenvalue weighted by Gasteiger charge is 2.36. The van der Waals surface area contributed by atoms with Crippen molar-refractivity contribution in [1.29, 1.82) is 5.26 Å². The fourth-order valence-corrected chi connectivity index (χ4v) is 4.46. The van der Waals surface area contributed by atoms with Crippen LogP contribution in [-0.4, -0.2) is 33.2 Å². The summed E-state index contributed by atoms with van der Waals surface area (Å²) in [6.45, 7) is 0.840. The maximum atomic E-state index is 13.2. The molecule has 4 rings (SSSR count). The third kappa shape index (κ3) is 2.84. The third-order valence-electron chi connectivity index (χ3n) is 5.77. The SMILES string of the molecule is N#Cc1cnn(-c2cccc(C(=O)N3CCC[C@H]3C3CCCC3)c2)c1N. The Morgan fingerprint density at radius 3 is 2.77 bits per heavy atom. The minimum Gasteiger partial charge on any atom is -0.382 e. The van der Waals surface area contributed by atoms with Crippen molar-refractivity contribution in [3.63, 3.8) is 0 Å². The van der Waals surface area contributed by atoms with E-state index < -0.39 is 0 Å². The monoisotopic (exact) mass is 349 g/mol. The molecule has 1 aromatic heterocycles. The summed E-state index contributed by atoms with van der Waals surface area (Å²) in [7, 11) is 0. The number of nitrogens with two attached hydrogens (primary N) is 1. The summed E-state index contributed by atoms with van der Waals surface area (Å²) in [4.78, 5) is 15.2. The van der Waals surface area contributed by atoms with Gasteiger partial charge in [0.1, 0.15) is 17.5 Å². The molecule has 6 heteroatoms. The molecule has 1 atom stereocenters. The van der Waals surface area contributed by atoms with Gasteiger partial charge in [-0.2, -0.15) is 10.4 Å². The molecule has 0 unspecified atom stereocenters. The molecular weight excluding hydrogens is 326 g/mol. The van der Waals surface area contributed by atoms with Gasteiger partial charge >= 0.3 is 0 Å². The quantitative estimate of drug-likeness (QED) is 0.922. The summed E-state index contributed by atoms with van der Waals surface area (Å²) in [5, 5.41) is 13.2. The fraction of sp³-hybridized carbons (Fsp3) is 0.450. The average Bonchev–Trinajstić information content (AvgIpc) is 3.41. The van der Waals surface area contributed by atoms with Crippen LogP contribution < -0.4 is 5.73 Å². The van der Waals surface area contributed by atoms with Gasteiger partial charge in [0.25, 0.3) is 5.91 Å². The summed E-state index contributed by atoms with van der Waals surface area (Å²) < 4.78 is 1.51. The molecule has 134 valence electrons. The molecule has 2 aromatic rings. The Morgan fingerprint density at radius 2 is 2.04 bits per heavy atom. The van der Waals surface area contributed by atoms with Crippen molar-refractivity contribution in [2.24, 2.45) is 5.92 Å². The first kappa shape index (κ1) is 16.6. The number of carbonyl (C=O) groups is 1. The highest BCUT2D eigenvalue weighted by molar-refractivity contribution is 5.95. The number of carbonyl (C=O) groups excluding carboxylic acids is 1. The predicted octanol–water partition coefficient (Wildman–Crippen LogP) is 3.12. The number of hydrogen-bond donors (Lipinski definition) is 1. The summed E-state index contributed by atoms with van der Waals surface area (Å²) in [6, 6.07) is 9.76. The summed E-state index contributed by atoms with van der Waals surface area (Å²) >= 11 is 0. The molecule has 26 heavy (non-hydrogen) atoms. The van der Waals surface area contributed by atoms with Gasteiger partial charge in [-0.1, -0.05) is 18.9 Å². The van der Waals surface area contributed by atoms with Crippen LogP contribution in [0.1, 0.15) is 54.4 Å². The molecule has 1 amide bonds. The zero-order chi connectivity index (χ0) is 18.1. The third-order valence-corrected chi connectivity index (χ3v) is 5.77. The van der Waals surface area contributed by atoms with Crippen LogP contribution >= 0.6 is 0 Å². The molecular formula is C20H23N5O. The molecule has 2 N–H and O–H groups in total. The van der Waals surface area contributed by atoms with Crippen LogP contribution in [0.25, 0.3) is 5.69 Å². The molecule has 2 fully saturated rings. The smallest absolute Gasteiger partial charge is 0.254 e. The van der Waals surface area contributed by atoms with Crippen molar-refractivity contribution in [1.82, 2.24) is 14.7 Å². The van der Waals surface area contributed by atoms with Gasteiger partial charge in [0.2, 0.25) is 0 Å². The number of nitriles is 1. The van der Waals surface area contributed by atoms with Gasteiger partial charge in [0, 0.05) is 18.2 Å². The van der Waals surface area contributed by atoms with Crippen molar-refractivity contribution < 1.29 is 4.79 Å². The Balaban J connectivity index is 1.60. The van der Waals surface area contributed by atoms with Crippen LogP contribution in [0.5, 0.6) is 0 Å². The molecule has 1 saturated heterocycles. The number of aromatic nitrogens is 2. The van der Waals surface area contributed by atoms with E-state index in [0.717, 1.165) is 19.4 Å². The summed E-state index contributed by atoms with van der Waals surface area (Å²) in [5.74, 6) is 1.04. The van der Waals surface area contributed by atoms with Gasteiger partial charge in [-0.3, -0.25) is 4.79 Å². The lowest BCUT2D eigenvalue weighted by Crippen LogP contribution is -2.39. The van der Waals surface area contributed by atoms with E-state index in [2.05, 4.69) is 10.00 Å². The highest BCUT2D eigenvalue weighted by atomic mass is 16.2. The van der Waals surface area contributed by atoms with Crippen LogP contribution in [0.3, 0.4) is 0 Å². The van der Waals surface area contributed by atoms with Gasteiger partial charge in [0.15, 0.2) is 0 Å². The van der Waals surface area contributed by atoms with Gasteiger partial charge in [-0.05, 0) is 49.8 Å². The zero-order valence-electron chi connectivity index (χ0n) is 14.8. The Labute approximate surface area is 153 Å². The number of rotatable bonds is 3. The Kier molecular flexibility index (Phi) is 4.37. The van der Waals surface area contributed by atoms with E-state index >= 15 is 0 Å². The Bertz CT molecular complexity index is 859. The van der Waals surface area contributed by atoms with E-state index in [1.54, 1.807) is 0 Å². The first-order chi connectivity index (χ1) is 12.7. The van der Waals surface area contributed by atoms with Crippen LogP contribution in [0.2, 0.25) is 0 Å². The zero-order valence-corrected chi connectivity index (χ0v) is 14.8. The number of benzene rings is 1. The van der Waals surface area contributed by atoms with E-state index in [-0.39, 0.29) is 5.91 Å². The van der Waals surface area contributed by atoms with E-state index in [9.17, 15) is 4.79 Å². The number of anilines is 1. The average molecular weight is 349 g/mol. The van der Waals surface area contributed by atoms with Crippen molar-refractivity contribution >= 4 is 11.7 Å². The standard InChI is InChI=1S/C20H23N5O/c21-12-16-13-23-25(19(16)22)17-8-3-7-15(11-17)20(26)24-10-4-9-18(24)14-5-1-2-6-14/h3,7-8,11,13-14,18H,1-2,4-6,9-10,22H2/t18-/m0/s1. The van der Waals surface area contributed by atoms with E-state index in [1.165, 1.54) is 36.6 Å². The minimum atomic E-state index is 0.0903. The molecule has 1 aliphatic heterocycles. The minimum absolute atomic E-state index is 0.0903. The van der Waals surface area contributed by atoms with Gasteiger partial charge in [-0.25, -0.2) is 4.68 Å². The Hall–Kier alpha value is -2.81. The molecule has 0 spiro atoms. The fourth-order valence-electron chi connectivity index (χ4n) is 4.46. The number of nitrogen functional groups attached to an aromatic ring is 1. The van der Waals surface area contributed by atoms with Crippen molar-refractivity contribution in [2.45, 2.75) is 44.6 Å². The van der Waals surface area contributed by atoms with Crippen molar-refractivity contribution in [2.75, 3.05) is 12.3 Å². The summed E-state index contributed by atoms with van der Waals surface area (Å²) in [5.41, 5.74) is 7.67. The second-order valence-electron chi connectivity index (χ2n) is 7.27. The molecule has 1 aliphatic carbocycles. The number of amides is 1. The molecule has 0 radical (unpaired) electrons. The van der Waals surface area contributed by atoms with E-state index in [0.29, 0.717) is 34.6 Å². The van der Waals surface area contributed by atoms with Gasteiger partial charge in [0.05, 0.1) is 11.9 Å². The van der Waals surface area contributed by atoms with Crippen molar-refractivity contribution in [3.05, 3.63) is 41.6 Å². The topological polar surface area (TPSA) is 87.9 Å². The maximum Gasteiger partial charge on any atom is 0.254 e. The highest BCUT2D eigenvalue weighted by Crippen LogP contribution is 2.36.